The van der Waals surface area contributed by atoms with Crippen LogP contribution in [0.3, 0.4) is 0 Å². The first-order valence-corrected chi connectivity index (χ1v) is 16.2. The van der Waals surface area contributed by atoms with Crippen molar-refractivity contribution in [1.29, 1.82) is 0 Å². The van der Waals surface area contributed by atoms with Gasteiger partial charge in [-0.15, -0.1) is 0 Å². The lowest BCUT2D eigenvalue weighted by atomic mass is 9.75. The van der Waals surface area contributed by atoms with Gasteiger partial charge in [-0.05, 0) is 67.3 Å². The molecule has 1 aliphatic heterocycles. The highest BCUT2D eigenvalue weighted by atomic mass is 35.5. The smallest absolute Gasteiger partial charge is 0.407 e. The molecule has 0 bridgehead atoms. The van der Waals surface area contributed by atoms with Crippen LogP contribution >= 0.6 is 11.6 Å². The Hall–Kier alpha value is -4.85. The lowest BCUT2D eigenvalue weighted by molar-refractivity contribution is -0.135. The van der Waals surface area contributed by atoms with Crippen molar-refractivity contribution in [2.75, 3.05) is 6.61 Å². The highest BCUT2D eigenvalue weighted by Gasteiger charge is 2.53. The van der Waals surface area contributed by atoms with Crippen LogP contribution < -0.4 is 11.1 Å². The van der Waals surface area contributed by atoms with Crippen molar-refractivity contribution in [1.82, 2.24) is 34.8 Å². The van der Waals surface area contributed by atoms with Crippen molar-refractivity contribution in [3.05, 3.63) is 83.2 Å². The first-order valence-electron chi connectivity index (χ1n) is 15.8. The maximum absolute atomic E-state index is 14.9. The Morgan fingerprint density at radius 3 is 2.45 bits per heavy atom. The van der Waals surface area contributed by atoms with E-state index in [2.05, 4.69) is 20.5 Å². The van der Waals surface area contributed by atoms with Gasteiger partial charge in [0.25, 0.3) is 5.91 Å². The van der Waals surface area contributed by atoms with Gasteiger partial charge in [-0.1, -0.05) is 62.7 Å². The predicted molar refractivity (Wildman–Crippen MR) is 179 cm³/mol. The number of hydrogen-bond acceptors (Lipinski definition) is 8. The minimum Gasteiger partial charge on any atom is -0.447 e. The highest BCUT2D eigenvalue weighted by Crippen LogP contribution is 2.45. The Kier molecular flexibility index (Phi) is 8.72. The van der Waals surface area contributed by atoms with Crippen LogP contribution in [0.15, 0.2) is 66.2 Å². The third kappa shape index (κ3) is 7.00. The van der Waals surface area contributed by atoms with Gasteiger partial charge in [0.05, 0.1) is 22.9 Å². The molecule has 2 aromatic heterocycles. The topological polar surface area (TPSA) is 146 Å². The molecule has 2 atom stereocenters. The third-order valence-corrected chi connectivity index (χ3v) is 9.02. The van der Waals surface area contributed by atoms with E-state index in [1.165, 1.54) is 28.3 Å². The molecule has 1 unspecified atom stereocenters. The summed E-state index contributed by atoms with van der Waals surface area (Å²) in [6.45, 7) is 6.68. The van der Waals surface area contributed by atoms with E-state index < -0.39 is 35.5 Å². The number of benzene rings is 2. The molecule has 258 valence electrons. The zero-order valence-electron chi connectivity index (χ0n) is 27.8. The largest absolute Gasteiger partial charge is 0.447 e. The van der Waals surface area contributed by atoms with E-state index in [1.807, 2.05) is 27.7 Å². The second kappa shape index (κ2) is 12.6. The molecule has 0 saturated heterocycles. The summed E-state index contributed by atoms with van der Waals surface area (Å²) in [4.78, 5) is 38.2. The number of hydrogen-bond donors (Lipinski definition) is 2. The van der Waals surface area contributed by atoms with Crippen LogP contribution in [0.25, 0.3) is 16.8 Å². The number of nitrogens with zero attached hydrogens (tertiary/aromatic N) is 7. The van der Waals surface area contributed by atoms with Gasteiger partial charge in [0, 0.05) is 17.3 Å². The lowest BCUT2D eigenvalue weighted by Gasteiger charge is -2.35. The quantitative estimate of drug-likeness (QED) is 0.198. The van der Waals surface area contributed by atoms with E-state index in [4.69, 9.17) is 27.1 Å². The second-order valence-electron chi connectivity index (χ2n) is 14.1. The maximum Gasteiger partial charge on any atom is 0.407 e. The van der Waals surface area contributed by atoms with Crippen LogP contribution in [0.1, 0.15) is 76.5 Å². The van der Waals surface area contributed by atoms with E-state index >= 15 is 0 Å². The van der Waals surface area contributed by atoms with Gasteiger partial charge in [0.15, 0.2) is 11.5 Å². The normalized spacial score (nSPS) is 19.2. The van der Waals surface area contributed by atoms with Crippen molar-refractivity contribution in [3.8, 4) is 16.8 Å². The molecule has 2 aromatic carbocycles. The molecule has 0 spiro atoms. The summed E-state index contributed by atoms with van der Waals surface area (Å²) in [6.07, 6.45) is 5.51. The molecule has 2 amide bonds. The molecule has 1 fully saturated rings. The van der Waals surface area contributed by atoms with Crippen LogP contribution in [0.2, 0.25) is 5.02 Å². The van der Waals surface area contributed by atoms with Gasteiger partial charge in [0.1, 0.15) is 18.8 Å². The number of alkyl carbamates (subject to hydrolysis) is 1. The zero-order chi connectivity index (χ0) is 35.3. The summed E-state index contributed by atoms with van der Waals surface area (Å²) in [6, 6.07) is 11.3. The average molecular weight is 694 g/mol. The molecule has 4 aromatic rings. The fourth-order valence-electron chi connectivity index (χ4n) is 6.05. The van der Waals surface area contributed by atoms with E-state index in [0.717, 1.165) is 12.8 Å². The van der Waals surface area contributed by atoms with Gasteiger partial charge in [-0.2, -0.15) is 19.0 Å². The van der Waals surface area contributed by atoms with Crippen molar-refractivity contribution in [2.24, 2.45) is 16.1 Å². The first kappa shape index (κ1) is 34.0. The summed E-state index contributed by atoms with van der Waals surface area (Å²) in [5, 5.41) is 11.4. The van der Waals surface area contributed by atoms with Crippen LogP contribution in [-0.4, -0.2) is 59.6 Å². The molecule has 12 nitrogen and oxygen atoms in total. The van der Waals surface area contributed by atoms with E-state index in [-0.39, 0.29) is 24.5 Å². The van der Waals surface area contributed by atoms with Gasteiger partial charge >= 0.3 is 12.6 Å². The number of nitrogens with one attached hydrogen (secondary N) is 1. The Bertz CT molecular complexity index is 1910. The van der Waals surface area contributed by atoms with E-state index in [9.17, 15) is 18.4 Å². The molecule has 0 radical (unpaired) electrons. The second-order valence-corrected chi connectivity index (χ2v) is 14.5. The lowest BCUT2D eigenvalue weighted by Crippen LogP contribution is -2.48. The average Bonchev–Trinajstić information content (AvgIpc) is 3.36. The number of halogens is 3. The monoisotopic (exact) mass is 693 g/mol. The van der Waals surface area contributed by atoms with Gasteiger partial charge < -0.3 is 15.8 Å². The number of aromatic nitrogens is 5. The highest BCUT2D eigenvalue weighted by molar-refractivity contribution is 6.32. The predicted octanol–water partition coefficient (Wildman–Crippen LogP) is 6.30. The number of carbonyl (C=O) groups is 2. The number of nitrogens with two attached hydrogens (primary N) is 1. The van der Waals surface area contributed by atoms with Crippen molar-refractivity contribution in [2.45, 2.75) is 77.6 Å². The molecule has 6 rings (SSSR count). The Morgan fingerprint density at radius 1 is 1.14 bits per heavy atom. The number of aliphatic imine (C=N–C) groups is 1. The molecular formula is C34H38ClF2N9O3. The number of guanidine groups is 1. The molecule has 1 aliphatic carbocycles. The molecule has 15 heteroatoms. The Balaban J connectivity index is 1.39. The number of aryl methyl sites for hydroxylation is 1. The van der Waals surface area contributed by atoms with Crippen molar-refractivity contribution in [3.63, 3.8) is 0 Å². The minimum absolute atomic E-state index is 0.0483. The molecule has 3 heterocycles. The maximum atomic E-state index is 14.9. The molecule has 3 N–H and O–H groups in total. The number of alkyl halides is 2. The van der Waals surface area contributed by atoms with Crippen LogP contribution in [-0.2, 0) is 15.1 Å². The summed E-state index contributed by atoms with van der Waals surface area (Å²) >= 11 is 6.59. The van der Waals surface area contributed by atoms with Gasteiger partial charge in [0.2, 0.25) is 0 Å². The summed E-state index contributed by atoms with van der Waals surface area (Å²) in [5.41, 5.74) is 7.29. The Morgan fingerprint density at radius 2 is 1.86 bits per heavy atom. The van der Waals surface area contributed by atoms with Gasteiger partial charge in [-0.3, -0.25) is 9.69 Å². The molecule has 49 heavy (non-hydrogen) atoms. The summed E-state index contributed by atoms with van der Waals surface area (Å²) in [5.74, 6) is 0.0841. The summed E-state index contributed by atoms with van der Waals surface area (Å²) in [7, 11) is 0. The van der Waals surface area contributed by atoms with Gasteiger partial charge in [-0.25, -0.2) is 24.1 Å². The molecular weight excluding hydrogens is 656 g/mol. The molecule has 2 aliphatic rings. The number of amides is 2. The van der Waals surface area contributed by atoms with Crippen LogP contribution in [0.5, 0.6) is 0 Å². The SMILES string of the molecule is Cc1ncn(-c2cc(C(COC(=O)NC3(C)CC3)N3C(=O)[C@@](CC(C)(C)C)(c4ccc(-c5cnn(C(F)F)c5)cc4)N=C3N)ccc2Cl)n1. The van der Waals surface area contributed by atoms with E-state index in [1.54, 1.807) is 49.4 Å². The minimum atomic E-state index is -2.76. The van der Waals surface area contributed by atoms with E-state index in [0.29, 0.717) is 43.5 Å². The Labute approximate surface area is 287 Å². The summed E-state index contributed by atoms with van der Waals surface area (Å²) < 4.78 is 34.2. The number of ether oxygens (including phenoxy) is 1. The fraction of sp³-hybridized carbons (Fsp3) is 0.412. The van der Waals surface area contributed by atoms with Crippen LogP contribution in [0.4, 0.5) is 13.6 Å². The molecule has 1 saturated carbocycles. The standard InChI is InChI=1S/C34H38ClF2N9O3/c1-20-39-19-45(43-20)26-14-22(8-11-25(26)35)27(17-49-31(48)42-33(5)12-13-33)46-28(47)34(41-30(46)38,18-32(2,3)4)24-9-6-21(7-10-24)23-15-40-44(16-23)29(36)37/h6-11,14-16,19,27,29H,12-13,17-18H2,1-5H3,(H2,38,41)(H,42,48)/t27?,34-/m1/s1. The third-order valence-electron chi connectivity index (χ3n) is 8.70. The first-order chi connectivity index (χ1) is 23.1. The fourth-order valence-corrected chi connectivity index (χ4v) is 6.25. The zero-order valence-corrected chi connectivity index (χ0v) is 28.6. The van der Waals surface area contributed by atoms with Crippen molar-refractivity contribution < 1.29 is 23.1 Å². The van der Waals surface area contributed by atoms with Crippen LogP contribution in [0, 0.1) is 12.3 Å². The number of carbonyl (C=O) groups excluding carboxylic acids is 2. The van der Waals surface area contributed by atoms with Crippen molar-refractivity contribution >= 4 is 29.6 Å². The number of rotatable bonds is 10.